The molecule has 0 fully saturated rings. The molecule has 0 saturated heterocycles. The third kappa shape index (κ3) is 3.82. The lowest BCUT2D eigenvalue weighted by atomic mass is 10.2. The number of hydrogen-bond acceptors (Lipinski definition) is 6. The van der Waals surface area contributed by atoms with Crippen molar-refractivity contribution in [2.75, 3.05) is 5.32 Å². The number of nitro benzene ring substituents is 1. The average Bonchev–Trinajstić information content (AvgIpc) is 2.66. The van der Waals surface area contributed by atoms with Gasteiger partial charge in [0.2, 0.25) is 5.91 Å². The van der Waals surface area contributed by atoms with Crippen LogP contribution in [-0.2, 0) is 11.8 Å². The molecule has 9 heteroatoms. The maximum atomic E-state index is 12.5. The van der Waals surface area contributed by atoms with E-state index in [0.29, 0.717) is 16.1 Å². The SMILES string of the molecule is C[C@H](Sc1nc2ccccc2c(=O)n1C)C(=O)Nc1ccccc1[N+](=O)[O-]. The maximum absolute atomic E-state index is 12.5. The van der Waals surface area contributed by atoms with E-state index < -0.39 is 16.1 Å². The monoisotopic (exact) mass is 384 g/mol. The zero-order chi connectivity index (χ0) is 19.6. The summed E-state index contributed by atoms with van der Waals surface area (Å²) >= 11 is 1.11. The van der Waals surface area contributed by atoms with Crippen LogP contribution in [0, 0.1) is 10.1 Å². The summed E-state index contributed by atoms with van der Waals surface area (Å²) < 4.78 is 1.39. The summed E-state index contributed by atoms with van der Waals surface area (Å²) in [6.07, 6.45) is 0. The molecule has 0 aliphatic rings. The van der Waals surface area contributed by atoms with Crippen LogP contribution >= 0.6 is 11.8 Å². The number of carbonyl (C=O) groups excluding carboxylic acids is 1. The fourth-order valence-corrected chi connectivity index (χ4v) is 3.36. The second-order valence-corrected chi connectivity index (χ2v) is 7.11. The van der Waals surface area contributed by atoms with Gasteiger partial charge in [0.05, 0.1) is 21.1 Å². The number of amides is 1. The van der Waals surface area contributed by atoms with E-state index in [4.69, 9.17) is 0 Å². The molecule has 0 spiro atoms. The maximum Gasteiger partial charge on any atom is 0.292 e. The molecule has 1 aromatic heterocycles. The number of nitrogens with one attached hydrogen (secondary N) is 1. The minimum absolute atomic E-state index is 0.125. The lowest BCUT2D eigenvalue weighted by Gasteiger charge is -2.14. The first-order valence-corrected chi connectivity index (χ1v) is 8.93. The molecule has 3 aromatic rings. The van der Waals surface area contributed by atoms with Gasteiger partial charge in [-0.3, -0.25) is 24.3 Å². The number of aromatic nitrogens is 2. The minimum Gasteiger partial charge on any atom is -0.319 e. The van der Waals surface area contributed by atoms with Gasteiger partial charge in [0.15, 0.2) is 5.16 Å². The summed E-state index contributed by atoms with van der Waals surface area (Å²) in [7, 11) is 1.59. The number of fused-ring (bicyclic) bond motifs is 1. The number of thioether (sulfide) groups is 1. The molecule has 0 bridgehead atoms. The van der Waals surface area contributed by atoms with Crippen LogP contribution in [0.2, 0.25) is 0 Å². The molecule has 0 unspecified atom stereocenters. The zero-order valence-corrected chi connectivity index (χ0v) is 15.4. The molecule has 0 saturated carbocycles. The van der Waals surface area contributed by atoms with Crippen LogP contribution < -0.4 is 10.9 Å². The van der Waals surface area contributed by atoms with Crippen LogP contribution in [0.4, 0.5) is 11.4 Å². The summed E-state index contributed by atoms with van der Waals surface area (Å²) in [6, 6.07) is 12.9. The second kappa shape index (κ2) is 7.58. The van der Waals surface area contributed by atoms with Crippen LogP contribution in [0.25, 0.3) is 10.9 Å². The van der Waals surface area contributed by atoms with Gasteiger partial charge < -0.3 is 5.32 Å². The quantitative estimate of drug-likeness (QED) is 0.314. The topological polar surface area (TPSA) is 107 Å². The van der Waals surface area contributed by atoms with Crippen LogP contribution in [-0.4, -0.2) is 25.6 Å². The normalized spacial score (nSPS) is 11.9. The van der Waals surface area contributed by atoms with Crippen molar-refractivity contribution in [3.63, 3.8) is 0 Å². The number of nitro groups is 1. The molecule has 0 radical (unpaired) electrons. The van der Waals surface area contributed by atoms with Gasteiger partial charge in [-0.2, -0.15) is 0 Å². The Morgan fingerprint density at radius 3 is 2.63 bits per heavy atom. The van der Waals surface area contributed by atoms with Crippen molar-refractivity contribution >= 4 is 39.9 Å². The van der Waals surface area contributed by atoms with E-state index in [9.17, 15) is 19.7 Å². The van der Waals surface area contributed by atoms with Crippen LogP contribution in [0.3, 0.4) is 0 Å². The number of benzene rings is 2. The van der Waals surface area contributed by atoms with Gasteiger partial charge in [-0.1, -0.05) is 36.0 Å². The number of anilines is 1. The molecule has 0 aliphatic heterocycles. The second-order valence-electron chi connectivity index (χ2n) is 5.80. The van der Waals surface area contributed by atoms with Crippen molar-refractivity contribution in [2.45, 2.75) is 17.3 Å². The van der Waals surface area contributed by atoms with Gasteiger partial charge in [-0.05, 0) is 25.1 Å². The number of rotatable bonds is 5. The van der Waals surface area contributed by atoms with Crippen molar-refractivity contribution in [3.05, 3.63) is 69.0 Å². The minimum atomic E-state index is -0.621. The largest absolute Gasteiger partial charge is 0.319 e. The summed E-state index contributed by atoms with van der Waals surface area (Å²) in [5, 5.41) is 13.9. The zero-order valence-electron chi connectivity index (χ0n) is 14.6. The Hall–Kier alpha value is -3.20. The Balaban J connectivity index is 1.84. The molecular formula is C18H16N4O4S. The summed E-state index contributed by atoms with van der Waals surface area (Å²) in [5.41, 5.74) is 0.295. The van der Waals surface area contributed by atoms with Crippen LogP contribution in [0.1, 0.15) is 6.92 Å². The number of nitrogens with zero attached hydrogens (tertiary/aromatic N) is 3. The fourth-order valence-electron chi connectivity index (χ4n) is 2.49. The first kappa shape index (κ1) is 18.6. The van der Waals surface area contributed by atoms with Gasteiger partial charge in [0.1, 0.15) is 5.69 Å². The van der Waals surface area contributed by atoms with E-state index in [1.54, 1.807) is 44.3 Å². The molecule has 8 nitrogen and oxygen atoms in total. The number of carbonyl (C=O) groups is 1. The van der Waals surface area contributed by atoms with Gasteiger partial charge in [-0.25, -0.2) is 4.98 Å². The molecule has 138 valence electrons. The summed E-state index contributed by atoms with van der Waals surface area (Å²) in [5.74, 6) is -0.420. The van der Waals surface area contributed by atoms with Gasteiger partial charge in [0, 0.05) is 13.1 Å². The highest BCUT2D eigenvalue weighted by atomic mass is 32.2. The van der Waals surface area contributed by atoms with E-state index in [1.165, 1.54) is 22.8 Å². The summed E-state index contributed by atoms with van der Waals surface area (Å²) in [4.78, 5) is 39.9. The van der Waals surface area contributed by atoms with Gasteiger partial charge in [-0.15, -0.1) is 0 Å². The predicted octanol–water partition coefficient (Wildman–Crippen LogP) is 2.96. The van der Waals surface area contributed by atoms with Crippen molar-refractivity contribution < 1.29 is 9.72 Å². The van der Waals surface area contributed by atoms with E-state index in [2.05, 4.69) is 10.3 Å². The highest BCUT2D eigenvalue weighted by Gasteiger charge is 2.21. The Morgan fingerprint density at radius 1 is 1.22 bits per heavy atom. The molecule has 1 amide bonds. The predicted molar refractivity (Wildman–Crippen MR) is 104 cm³/mol. The Kier molecular flexibility index (Phi) is 5.22. The first-order valence-electron chi connectivity index (χ1n) is 8.05. The van der Waals surface area contributed by atoms with E-state index in [0.717, 1.165) is 11.8 Å². The van der Waals surface area contributed by atoms with Crippen molar-refractivity contribution in [1.82, 2.24) is 9.55 Å². The number of para-hydroxylation sites is 3. The molecule has 1 N–H and O–H groups in total. The molecule has 27 heavy (non-hydrogen) atoms. The highest BCUT2D eigenvalue weighted by Crippen LogP contribution is 2.26. The fraction of sp³-hybridized carbons (Fsp3) is 0.167. The van der Waals surface area contributed by atoms with Crippen LogP contribution in [0.15, 0.2) is 58.5 Å². The third-order valence-corrected chi connectivity index (χ3v) is 5.10. The molecule has 3 rings (SSSR count). The Morgan fingerprint density at radius 2 is 1.89 bits per heavy atom. The Bertz CT molecular complexity index is 1100. The standard InChI is InChI=1S/C18H16N4O4S/c1-11(16(23)19-14-9-5-6-10-15(14)22(25)26)27-18-20-13-8-4-3-7-12(13)17(24)21(18)2/h3-11H,1-2H3,(H,19,23)/t11-/m0/s1. The lowest BCUT2D eigenvalue weighted by Crippen LogP contribution is -2.25. The molecular weight excluding hydrogens is 368 g/mol. The summed E-state index contributed by atoms with van der Waals surface area (Å²) in [6.45, 7) is 1.65. The lowest BCUT2D eigenvalue weighted by molar-refractivity contribution is -0.383. The smallest absolute Gasteiger partial charge is 0.292 e. The first-order chi connectivity index (χ1) is 12.9. The van der Waals surface area contributed by atoms with E-state index in [1.807, 2.05) is 0 Å². The van der Waals surface area contributed by atoms with Crippen molar-refractivity contribution in [2.24, 2.45) is 7.05 Å². The molecule has 1 heterocycles. The van der Waals surface area contributed by atoms with Crippen LogP contribution in [0.5, 0.6) is 0 Å². The third-order valence-electron chi connectivity index (χ3n) is 3.95. The van der Waals surface area contributed by atoms with Crippen molar-refractivity contribution in [1.29, 1.82) is 0 Å². The van der Waals surface area contributed by atoms with Gasteiger partial charge in [0.25, 0.3) is 11.2 Å². The number of hydrogen-bond donors (Lipinski definition) is 1. The molecule has 0 aliphatic carbocycles. The van der Waals surface area contributed by atoms with E-state index in [-0.39, 0.29) is 16.9 Å². The molecule has 1 atom stereocenters. The molecule has 2 aromatic carbocycles. The average molecular weight is 384 g/mol. The van der Waals surface area contributed by atoms with Gasteiger partial charge >= 0.3 is 0 Å². The Labute approximate surface area is 158 Å². The van der Waals surface area contributed by atoms with Crippen molar-refractivity contribution in [3.8, 4) is 0 Å². The van der Waals surface area contributed by atoms with E-state index >= 15 is 0 Å². The highest BCUT2D eigenvalue weighted by molar-refractivity contribution is 8.00.